The Morgan fingerprint density at radius 1 is 1.54 bits per heavy atom. The molecule has 0 aliphatic heterocycles. The van der Waals surface area contributed by atoms with Crippen LogP contribution in [0.25, 0.3) is 0 Å². The zero-order chi connectivity index (χ0) is 10.1. The van der Waals surface area contributed by atoms with E-state index in [4.69, 9.17) is 22.3 Å². The van der Waals surface area contributed by atoms with Crippen molar-refractivity contribution in [2.75, 3.05) is 18.1 Å². The summed E-state index contributed by atoms with van der Waals surface area (Å²) < 4.78 is 0. The Hall–Kier alpha value is -1.33. The maximum Gasteiger partial charge on any atom is 0.146 e. The van der Waals surface area contributed by atoms with Gasteiger partial charge in [0.15, 0.2) is 0 Å². The van der Waals surface area contributed by atoms with Crippen LogP contribution >= 0.6 is 0 Å². The molecule has 0 aromatic carbocycles. The highest BCUT2D eigenvalue weighted by atomic mass is 16.3. The van der Waals surface area contributed by atoms with E-state index >= 15 is 0 Å². The second-order valence-corrected chi connectivity index (χ2v) is 3.27. The molecule has 13 heavy (non-hydrogen) atoms. The molecule has 0 saturated heterocycles. The quantitative estimate of drug-likeness (QED) is 0.488. The number of nitrogens with zero attached hydrogens (tertiary/aromatic N) is 1. The third-order valence-electron chi connectivity index (χ3n) is 1.94. The van der Waals surface area contributed by atoms with Gasteiger partial charge in [-0.1, -0.05) is 0 Å². The van der Waals surface area contributed by atoms with Crippen molar-refractivity contribution in [1.82, 2.24) is 4.98 Å². The number of aliphatic hydroxyl groups is 1. The Morgan fingerprint density at radius 2 is 2.15 bits per heavy atom. The molecule has 0 spiro atoms. The lowest BCUT2D eigenvalue weighted by Crippen LogP contribution is -2.37. The van der Waals surface area contributed by atoms with Gasteiger partial charge in [-0.15, -0.1) is 0 Å². The Bertz CT molecular complexity index is 311. The number of pyridine rings is 1. The van der Waals surface area contributed by atoms with Gasteiger partial charge >= 0.3 is 0 Å². The maximum atomic E-state index is 8.98. The number of nitrogen functional groups attached to an aromatic ring is 2. The summed E-state index contributed by atoms with van der Waals surface area (Å²) in [5.74, 6) is 0.275. The molecule has 0 saturated carbocycles. The fourth-order valence-corrected chi connectivity index (χ4v) is 0.896. The van der Waals surface area contributed by atoms with E-state index in [1.54, 1.807) is 13.0 Å². The normalized spacial score (nSPS) is 15.3. The van der Waals surface area contributed by atoms with E-state index in [2.05, 4.69) is 4.98 Å². The minimum absolute atomic E-state index is 0.169. The molecule has 5 nitrogen and oxygen atoms in total. The Kier molecular flexibility index (Phi) is 2.40. The van der Waals surface area contributed by atoms with Gasteiger partial charge in [0.1, 0.15) is 5.82 Å². The molecule has 1 atom stereocenters. The van der Waals surface area contributed by atoms with Gasteiger partial charge < -0.3 is 22.3 Å². The molecule has 0 bridgehead atoms. The summed E-state index contributed by atoms with van der Waals surface area (Å²) in [6, 6.07) is 1.62. The van der Waals surface area contributed by atoms with Crippen molar-refractivity contribution in [2.24, 2.45) is 5.73 Å². The van der Waals surface area contributed by atoms with Gasteiger partial charge in [0.2, 0.25) is 0 Å². The van der Waals surface area contributed by atoms with Crippen LogP contribution in [0.15, 0.2) is 12.3 Å². The maximum absolute atomic E-state index is 8.98. The van der Waals surface area contributed by atoms with Crippen molar-refractivity contribution in [3.63, 3.8) is 0 Å². The van der Waals surface area contributed by atoms with Crippen molar-refractivity contribution in [3.8, 4) is 0 Å². The van der Waals surface area contributed by atoms with Gasteiger partial charge in [-0.05, 0) is 18.6 Å². The highest BCUT2D eigenvalue weighted by molar-refractivity contribution is 5.59. The molecule has 5 heteroatoms. The highest BCUT2D eigenvalue weighted by Gasteiger charge is 2.20. The van der Waals surface area contributed by atoms with Gasteiger partial charge in [0.25, 0.3) is 0 Å². The predicted molar refractivity (Wildman–Crippen MR) is 51.7 cm³/mol. The first-order chi connectivity index (χ1) is 5.97. The van der Waals surface area contributed by atoms with Crippen molar-refractivity contribution >= 4 is 11.5 Å². The SMILES string of the molecule is C[C@](N)(CO)c1cnc(N)c(N)c1. The van der Waals surface area contributed by atoms with Crippen LogP contribution in [0.1, 0.15) is 12.5 Å². The number of nitrogens with two attached hydrogens (primary N) is 3. The first-order valence-corrected chi connectivity index (χ1v) is 3.88. The van der Waals surface area contributed by atoms with E-state index in [-0.39, 0.29) is 12.4 Å². The molecule has 72 valence electrons. The zero-order valence-corrected chi connectivity index (χ0v) is 7.49. The van der Waals surface area contributed by atoms with Gasteiger partial charge in [0.05, 0.1) is 17.8 Å². The molecule has 1 rings (SSSR count). The molecular weight excluding hydrogens is 168 g/mol. The average molecular weight is 182 g/mol. The topological polar surface area (TPSA) is 111 Å². The summed E-state index contributed by atoms with van der Waals surface area (Å²) in [6.07, 6.45) is 1.52. The average Bonchev–Trinajstić information content (AvgIpc) is 2.09. The van der Waals surface area contributed by atoms with Crippen LogP contribution in [0.3, 0.4) is 0 Å². The number of hydrogen-bond acceptors (Lipinski definition) is 5. The summed E-state index contributed by atoms with van der Waals surface area (Å²) in [5.41, 5.74) is 17.0. The first kappa shape index (κ1) is 9.76. The molecule has 0 aliphatic carbocycles. The summed E-state index contributed by atoms with van der Waals surface area (Å²) in [5, 5.41) is 8.98. The molecule has 0 aliphatic rings. The summed E-state index contributed by atoms with van der Waals surface area (Å²) >= 11 is 0. The molecule has 1 aromatic rings. The lowest BCUT2D eigenvalue weighted by molar-refractivity contribution is 0.210. The molecule has 0 unspecified atom stereocenters. The third kappa shape index (κ3) is 1.88. The van der Waals surface area contributed by atoms with Crippen LogP contribution in [-0.4, -0.2) is 16.7 Å². The molecule has 1 aromatic heterocycles. The number of aromatic nitrogens is 1. The number of rotatable bonds is 2. The molecule has 0 fully saturated rings. The van der Waals surface area contributed by atoms with Crippen LogP contribution < -0.4 is 17.2 Å². The number of anilines is 2. The Morgan fingerprint density at radius 3 is 2.62 bits per heavy atom. The van der Waals surface area contributed by atoms with Crippen LogP contribution in [0.4, 0.5) is 11.5 Å². The Labute approximate surface area is 76.6 Å². The molecule has 7 N–H and O–H groups in total. The first-order valence-electron chi connectivity index (χ1n) is 3.88. The molecular formula is C8H14N4O. The molecule has 1 heterocycles. The molecule has 0 radical (unpaired) electrons. The number of hydrogen-bond donors (Lipinski definition) is 4. The fraction of sp³-hybridized carbons (Fsp3) is 0.375. The molecule has 0 amide bonds. The fourth-order valence-electron chi connectivity index (χ4n) is 0.896. The second kappa shape index (κ2) is 3.20. The van der Waals surface area contributed by atoms with Gasteiger partial charge in [-0.25, -0.2) is 4.98 Å². The number of aliphatic hydroxyl groups excluding tert-OH is 1. The minimum Gasteiger partial charge on any atom is -0.396 e. The van der Waals surface area contributed by atoms with Crippen molar-refractivity contribution in [1.29, 1.82) is 0 Å². The smallest absolute Gasteiger partial charge is 0.146 e. The lowest BCUT2D eigenvalue weighted by atomic mass is 9.96. The Balaban J connectivity index is 3.10. The predicted octanol–water partition coefficient (Wildman–Crippen LogP) is -0.588. The highest BCUT2D eigenvalue weighted by Crippen LogP contribution is 2.20. The van der Waals surface area contributed by atoms with Gasteiger partial charge in [-0.2, -0.15) is 0 Å². The van der Waals surface area contributed by atoms with Crippen molar-refractivity contribution < 1.29 is 5.11 Å². The van der Waals surface area contributed by atoms with Crippen LogP contribution in [-0.2, 0) is 5.54 Å². The van der Waals surface area contributed by atoms with E-state index < -0.39 is 5.54 Å². The van der Waals surface area contributed by atoms with E-state index in [1.165, 1.54) is 6.20 Å². The van der Waals surface area contributed by atoms with Crippen LogP contribution in [0.5, 0.6) is 0 Å². The van der Waals surface area contributed by atoms with Gasteiger partial charge in [0, 0.05) is 6.20 Å². The lowest BCUT2D eigenvalue weighted by Gasteiger charge is -2.22. The van der Waals surface area contributed by atoms with E-state index in [0.29, 0.717) is 11.3 Å². The summed E-state index contributed by atoms with van der Waals surface area (Å²) in [7, 11) is 0. The zero-order valence-electron chi connectivity index (χ0n) is 7.49. The van der Waals surface area contributed by atoms with Crippen LogP contribution in [0, 0.1) is 0 Å². The minimum atomic E-state index is -0.825. The summed E-state index contributed by atoms with van der Waals surface area (Å²) in [6.45, 7) is 1.53. The van der Waals surface area contributed by atoms with Gasteiger partial charge in [-0.3, -0.25) is 0 Å². The second-order valence-electron chi connectivity index (χ2n) is 3.27. The summed E-state index contributed by atoms with van der Waals surface area (Å²) in [4.78, 5) is 3.85. The van der Waals surface area contributed by atoms with Crippen LogP contribution in [0.2, 0.25) is 0 Å². The largest absolute Gasteiger partial charge is 0.396 e. The van der Waals surface area contributed by atoms with E-state index in [9.17, 15) is 0 Å². The monoisotopic (exact) mass is 182 g/mol. The van der Waals surface area contributed by atoms with E-state index in [0.717, 1.165) is 0 Å². The third-order valence-corrected chi connectivity index (χ3v) is 1.94. The van der Waals surface area contributed by atoms with E-state index in [1.807, 2.05) is 0 Å². The van der Waals surface area contributed by atoms with Crippen molar-refractivity contribution in [2.45, 2.75) is 12.5 Å². The standard InChI is InChI=1S/C8H14N4O/c1-8(11,4-13)5-2-6(9)7(10)12-3-5/h2-3,13H,4,9,11H2,1H3,(H2,10,12)/t8-/m0/s1. The van der Waals surface area contributed by atoms with Crippen molar-refractivity contribution in [3.05, 3.63) is 17.8 Å².